The van der Waals surface area contributed by atoms with Crippen LogP contribution in [0.25, 0.3) is 5.57 Å². The SMILES string of the molecule is COc1ccc(C2=C(C)C(C)=C(C)C2C[SiH](c2ccccc2)c2ccccc2)cc1. The number of allylic oxidation sites excluding steroid dienone is 4. The largest absolute Gasteiger partial charge is 0.497 e. The molecule has 0 bridgehead atoms. The number of rotatable bonds is 6. The second kappa shape index (κ2) is 8.89. The Morgan fingerprint density at radius 2 is 1.23 bits per heavy atom. The van der Waals surface area contributed by atoms with Crippen LogP contribution in [0, 0.1) is 5.92 Å². The van der Waals surface area contributed by atoms with Gasteiger partial charge in [-0.3, -0.25) is 0 Å². The van der Waals surface area contributed by atoms with Crippen molar-refractivity contribution in [3.05, 3.63) is 107 Å². The van der Waals surface area contributed by atoms with Crippen LogP contribution in [-0.4, -0.2) is 15.9 Å². The highest BCUT2D eigenvalue weighted by molar-refractivity contribution is 6.85. The lowest BCUT2D eigenvalue weighted by Gasteiger charge is -2.25. The molecule has 0 saturated heterocycles. The van der Waals surface area contributed by atoms with Crippen LogP contribution in [0.5, 0.6) is 5.75 Å². The van der Waals surface area contributed by atoms with Crippen molar-refractivity contribution in [3.8, 4) is 5.75 Å². The van der Waals surface area contributed by atoms with Crippen molar-refractivity contribution in [1.29, 1.82) is 0 Å². The van der Waals surface area contributed by atoms with E-state index in [1.54, 1.807) is 7.11 Å². The zero-order chi connectivity index (χ0) is 21.1. The third kappa shape index (κ3) is 3.93. The topological polar surface area (TPSA) is 9.23 Å². The highest BCUT2D eigenvalue weighted by Gasteiger charge is 2.32. The maximum Gasteiger partial charge on any atom is 0.118 e. The van der Waals surface area contributed by atoms with E-state index in [2.05, 4.69) is 106 Å². The lowest BCUT2D eigenvalue weighted by molar-refractivity contribution is 0.415. The van der Waals surface area contributed by atoms with Crippen molar-refractivity contribution < 1.29 is 4.74 Å². The van der Waals surface area contributed by atoms with Crippen LogP contribution in [0.3, 0.4) is 0 Å². The lowest BCUT2D eigenvalue weighted by atomic mass is 9.91. The molecule has 1 aliphatic carbocycles. The number of ether oxygens (including phenoxy) is 1. The van der Waals surface area contributed by atoms with Crippen molar-refractivity contribution in [2.45, 2.75) is 26.8 Å². The van der Waals surface area contributed by atoms with Gasteiger partial charge in [-0.1, -0.05) is 88.7 Å². The molecule has 0 amide bonds. The zero-order valence-electron chi connectivity index (χ0n) is 18.4. The van der Waals surface area contributed by atoms with Crippen LogP contribution < -0.4 is 15.1 Å². The van der Waals surface area contributed by atoms with Gasteiger partial charge in [0.2, 0.25) is 0 Å². The van der Waals surface area contributed by atoms with Gasteiger partial charge in [0.05, 0.1) is 7.11 Å². The molecule has 0 fully saturated rings. The molecule has 0 N–H and O–H groups in total. The Morgan fingerprint density at radius 3 is 1.73 bits per heavy atom. The average molecular weight is 411 g/mol. The van der Waals surface area contributed by atoms with Gasteiger partial charge in [-0.15, -0.1) is 0 Å². The van der Waals surface area contributed by atoms with E-state index in [0.717, 1.165) is 5.75 Å². The standard InChI is InChI=1S/C28H30OSi/c1-20-21(2)27(28(22(20)3)23-15-17-24(29-4)18-16-23)19-30(25-11-7-5-8-12-25)26-13-9-6-10-14-26/h5-18,27,30H,19H2,1-4H3. The average Bonchev–Trinajstić information content (AvgIpc) is 3.02. The molecule has 0 aromatic heterocycles. The zero-order valence-corrected chi connectivity index (χ0v) is 19.5. The molecule has 0 aliphatic heterocycles. The van der Waals surface area contributed by atoms with Crippen molar-refractivity contribution in [3.63, 3.8) is 0 Å². The first-order valence-electron chi connectivity index (χ1n) is 10.7. The summed E-state index contributed by atoms with van der Waals surface area (Å²) in [4.78, 5) is 0. The normalized spacial score (nSPS) is 16.5. The van der Waals surface area contributed by atoms with E-state index >= 15 is 0 Å². The van der Waals surface area contributed by atoms with E-state index in [9.17, 15) is 0 Å². The van der Waals surface area contributed by atoms with Crippen molar-refractivity contribution in [1.82, 2.24) is 0 Å². The van der Waals surface area contributed by atoms with Gasteiger partial charge in [-0.2, -0.15) is 0 Å². The minimum atomic E-state index is -1.37. The summed E-state index contributed by atoms with van der Waals surface area (Å²) in [6.07, 6.45) is 0. The smallest absolute Gasteiger partial charge is 0.118 e. The summed E-state index contributed by atoms with van der Waals surface area (Å²) in [5.41, 5.74) is 7.25. The molecule has 1 aliphatic rings. The van der Waals surface area contributed by atoms with Crippen molar-refractivity contribution in [2.75, 3.05) is 7.11 Å². The quantitative estimate of drug-likeness (QED) is 0.489. The maximum absolute atomic E-state index is 5.39. The van der Waals surface area contributed by atoms with Crippen LogP contribution in [0.15, 0.2) is 102 Å². The first-order valence-corrected chi connectivity index (χ1v) is 12.7. The molecule has 4 rings (SSSR count). The summed E-state index contributed by atoms with van der Waals surface area (Å²) >= 11 is 0. The van der Waals surface area contributed by atoms with Gasteiger partial charge in [0.25, 0.3) is 0 Å². The van der Waals surface area contributed by atoms with E-state index in [0.29, 0.717) is 5.92 Å². The fraction of sp³-hybridized carbons (Fsp3) is 0.214. The van der Waals surface area contributed by atoms with E-state index in [-0.39, 0.29) is 0 Å². The van der Waals surface area contributed by atoms with Gasteiger partial charge in [0.15, 0.2) is 0 Å². The van der Waals surface area contributed by atoms with Crippen molar-refractivity contribution in [2.24, 2.45) is 5.92 Å². The van der Waals surface area contributed by atoms with Gasteiger partial charge in [-0.25, -0.2) is 0 Å². The first-order chi connectivity index (χ1) is 14.6. The molecular formula is C28H30OSi. The van der Waals surface area contributed by atoms with E-state index < -0.39 is 8.80 Å². The summed E-state index contributed by atoms with van der Waals surface area (Å²) < 4.78 is 5.39. The van der Waals surface area contributed by atoms with Gasteiger partial charge in [0, 0.05) is 5.92 Å². The molecule has 2 heteroatoms. The first kappa shape index (κ1) is 20.4. The summed E-state index contributed by atoms with van der Waals surface area (Å²) in [5.74, 6) is 1.38. The molecule has 3 aromatic rings. The second-order valence-electron chi connectivity index (χ2n) is 8.24. The van der Waals surface area contributed by atoms with Crippen molar-refractivity contribution >= 4 is 24.7 Å². The summed E-state index contributed by atoms with van der Waals surface area (Å²) in [5, 5.41) is 3.04. The molecule has 0 radical (unpaired) electrons. The Morgan fingerprint density at radius 1 is 0.700 bits per heavy atom. The Hall–Kier alpha value is -2.84. The summed E-state index contributed by atoms with van der Waals surface area (Å²) in [6, 6.07) is 32.1. The van der Waals surface area contributed by atoms with Crippen LogP contribution >= 0.6 is 0 Å². The molecule has 3 aromatic carbocycles. The fourth-order valence-corrected chi connectivity index (χ4v) is 8.15. The molecule has 1 unspecified atom stereocenters. The highest BCUT2D eigenvalue weighted by atomic mass is 28.3. The third-order valence-corrected chi connectivity index (χ3v) is 10.0. The molecule has 0 spiro atoms. The molecule has 0 heterocycles. The summed E-state index contributed by atoms with van der Waals surface area (Å²) in [6.45, 7) is 6.91. The number of benzene rings is 3. The Labute approximate surface area is 182 Å². The Kier molecular flexibility index (Phi) is 6.05. The monoisotopic (exact) mass is 410 g/mol. The second-order valence-corrected chi connectivity index (χ2v) is 11.1. The van der Waals surface area contributed by atoms with E-state index in [4.69, 9.17) is 4.74 Å². The van der Waals surface area contributed by atoms with Crippen LogP contribution in [0.4, 0.5) is 0 Å². The van der Waals surface area contributed by atoms with Crippen LogP contribution in [0.2, 0.25) is 6.04 Å². The van der Waals surface area contributed by atoms with Gasteiger partial charge >= 0.3 is 0 Å². The van der Waals surface area contributed by atoms with E-state index in [1.807, 2.05) is 0 Å². The van der Waals surface area contributed by atoms with Crippen LogP contribution in [0.1, 0.15) is 26.3 Å². The van der Waals surface area contributed by atoms with Gasteiger partial charge in [-0.05, 0) is 61.2 Å². The number of hydrogen-bond acceptors (Lipinski definition) is 1. The predicted octanol–water partition coefficient (Wildman–Crippen LogP) is 5.48. The lowest BCUT2D eigenvalue weighted by Crippen LogP contribution is -2.43. The van der Waals surface area contributed by atoms with Crippen LogP contribution in [-0.2, 0) is 0 Å². The van der Waals surface area contributed by atoms with Gasteiger partial charge < -0.3 is 4.74 Å². The fourth-order valence-electron chi connectivity index (χ4n) is 4.79. The highest BCUT2D eigenvalue weighted by Crippen LogP contribution is 2.45. The molecule has 0 saturated carbocycles. The molecule has 1 nitrogen and oxygen atoms in total. The predicted molar refractivity (Wildman–Crippen MR) is 132 cm³/mol. The van der Waals surface area contributed by atoms with Gasteiger partial charge in [0.1, 0.15) is 14.5 Å². The third-order valence-electron chi connectivity index (χ3n) is 6.71. The molecular weight excluding hydrogens is 380 g/mol. The number of methoxy groups -OCH3 is 1. The maximum atomic E-state index is 5.39. The minimum Gasteiger partial charge on any atom is -0.497 e. The minimum absolute atomic E-state index is 0.468. The number of hydrogen-bond donors (Lipinski definition) is 0. The Balaban J connectivity index is 1.75. The summed E-state index contributed by atoms with van der Waals surface area (Å²) in [7, 11) is 0.358. The molecule has 1 atom stereocenters. The Bertz CT molecular complexity index is 1020. The molecule has 152 valence electrons. The van der Waals surface area contributed by atoms with E-state index in [1.165, 1.54) is 44.3 Å². The molecule has 30 heavy (non-hydrogen) atoms.